The number of benzene rings is 1. The fourth-order valence-electron chi connectivity index (χ4n) is 4.98. The maximum Gasteiger partial charge on any atom is 0.338 e. The molecule has 3 heterocycles. The molecule has 1 saturated heterocycles. The standard InChI is InChI=1S/C27H33N3O7S/c1-6-37-25(32)17-9-11-29(12-10-17)22(31)13-18-15-38-27-28-16(2)23(26(33)36-5)24(30(18)27)20-14-19(34-3)7-8-21(20)35-4/h7-8,14-15,17,24H,6,9-13H2,1-5H3/t24-/m1/s1. The van der Waals surface area contributed by atoms with Gasteiger partial charge in [-0.3, -0.25) is 9.59 Å². The molecule has 1 atom stereocenters. The number of esters is 2. The smallest absolute Gasteiger partial charge is 0.338 e. The quantitative estimate of drug-likeness (QED) is 0.454. The van der Waals surface area contributed by atoms with Crippen molar-refractivity contribution in [3.63, 3.8) is 0 Å². The van der Waals surface area contributed by atoms with Crippen LogP contribution in [0.25, 0.3) is 0 Å². The summed E-state index contributed by atoms with van der Waals surface area (Å²) in [7, 11) is 4.47. The molecule has 0 radical (unpaired) electrons. The Morgan fingerprint density at radius 3 is 2.47 bits per heavy atom. The molecule has 1 aromatic carbocycles. The number of hydrogen-bond acceptors (Lipinski definition) is 10. The van der Waals surface area contributed by atoms with Crippen LogP contribution in [0.3, 0.4) is 0 Å². The molecule has 0 aliphatic carbocycles. The number of likely N-dealkylation sites (tertiary alicyclic amines) is 1. The first kappa shape index (κ1) is 27.6. The predicted molar refractivity (Wildman–Crippen MR) is 143 cm³/mol. The first-order chi connectivity index (χ1) is 18.3. The molecule has 0 aromatic heterocycles. The van der Waals surface area contributed by atoms with E-state index in [1.807, 2.05) is 16.4 Å². The van der Waals surface area contributed by atoms with Crippen LogP contribution >= 0.6 is 11.8 Å². The highest BCUT2D eigenvalue weighted by Crippen LogP contribution is 2.47. The Labute approximate surface area is 226 Å². The minimum absolute atomic E-state index is 0.0531. The first-order valence-corrected chi connectivity index (χ1v) is 13.4. The van der Waals surface area contributed by atoms with E-state index >= 15 is 0 Å². The minimum Gasteiger partial charge on any atom is -0.497 e. The number of hydrogen-bond donors (Lipinski definition) is 0. The third-order valence-corrected chi connectivity index (χ3v) is 7.83. The normalized spacial score (nSPS) is 19.4. The molecule has 1 amide bonds. The van der Waals surface area contributed by atoms with E-state index < -0.39 is 12.0 Å². The van der Waals surface area contributed by atoms with Gasteiger partial charge in [0.2, 0.25) is 5.91 Å². The van der Waals surface area contributed by atoms with Gasteiger partial charge in [0.25, 0.3) is 0 Å². The third-order valence-electron chi connectivity index (χ3n) is 6.94. The number of aliphatic imine (C=N–C) groups is 1. The van der Waals surface area contributed by atoms with E-state index in [4.69, 9.17) is 18.9 Å². The molecule has 4 rings (SSSR count). The summed E-state index contributed by atoms with van der Waals surface area (Å²) in [5.41, 5.74) is 2.30. The zero-order valence-corrected chi connectivity index (χ0v) is 23.1. The molecule has 204 valence electrons. The fourth-order valence-corrected chi connectivity index (χ4v) is 5.94. The van der Waals surface area contributed by atoms with Gasteiger partial charge in [0.15, 0.2) is 5.17 Å². The molecular weight excluding hydrogens is 510 g/mol. The van der Waals surface area contributed by atoms with E-state index in [-0.39, 0.29) is 24.2 Å². The Balaban J connectivity index is 1.62. The molecule has 3 aliphatic heterocycles. The summed E-state index contributed by atoms with van der Waals surface area (Å²) in [4.78, 5) is 46.9. The minimum atomic E-state index is -0.636. The number of piperidine rings is 1. The number of amidine groups is 1. The largest absolute Gasteiger partial charge is 0.497 e. The van der Waals surface area contributed by atoms with Crippen LogP contribution in [-0.2, 0) is 23.9 Å². The first-order valence-electron chi connectivity index (χ1n) is 12.5. The van der Waals surface area contributed by atoms with Gasteiger partial charge in [-0.15, -0.1) is 0 Å². The monoisotopic (exact) mass is 543 g/mol. The van der Waals surface area contributed by atoms with E-state index in [2.05, 4.69) is 4.99 Å². The molecule has 0 N–H and O–H groups in total. The Hall–Kier alpha value is -3.47. The maximum absolute atomic E-state index is 13.4. The highest BCUT2D eigenvalue weighted by atomic mass is 32.2. The van der Waals surface area contributed by atoms with Crippen molar-refractivity contribution >= 4 is 34.8 Å². The lowest BCUT2D eigenvalue weighted by molar-refractivity contribution is -0.151. The van der Waals surface area contributed by atoms with Crippen molar-refractivity contribution in [1.82, 2.24) is 9.80 Å². The third kappa shape index (κ3) is 5.38. The van der Waals surface area contributed by atoms with Crippen LogP contribution in [0.5, 0.6) is 11.5 Å². The van der Waals surface area contributed by atoms with Crippen LogP contribution in [0, 0.1) is 5.92 Å². The van der Waals surface area contributed by atoms with E-state index in [0.29, 0.717) is 66.0 Å². The van der Waals surface area contributed by atoms with Crippen molar-refractivity contribution in [2.45, 2.75) is 39.2 Å². The average Bonchev–Trinajstić information content (AvgIpc) is 3.33. The lowest BCUT2D eigenvalue weighted by Crippen LogP contribution is -2.42. The van der Waals surface area contributed by atoms with E-state index in [0.717, 1.165) is 5.70 Å². The van der Waals surface area contributed by atoms with Gasteiger partial charge in [0.05, 0.1) is 57.6 Å². The number of fused-ring (bicyclic) bond motifs is 1. The second-order valence-electron chi connectivity index (χ2n) is 9.08. The molecular formula is C27H33N3O7S. The van der Waals surface area contributed by atoms with Gasteiger partial charge >= 0.3 is 11.9 Å². The number of allylic oxidation sites excluding steroid dienone is 1. The lowest BCUT2D eigenvalue weighted by atomic mass is 9.92. The second-order valence-corrected chi connectivity index (χ2v) is 9.91. The summed E-state index contributed by atoms with van der Waals surface area (Å²) < 4.78 is 21.4. The molecule has 10 nitrogen and oxygen atoms in total. The van der Waals surface area contributed by atoms with Gasteiger partial charge in [-0.25, -0.2) is 9.79 Å². The van der Waals surface area contributed by atoms with Crippen molar-refractivity contribution in [3.8, 4) is 11.5 Å². The van der Waals surface area contributed by atoms with E-state index in [1.165, 1.54) is 18.9 Å². The lowest BCUT2D eigenvalue weighted by Gasteiger charge is -2.37. The van der Waals surface area contributed by atoms with Crippen LogP contribution < -0.4 is 9.47 Å². The van der Waals surface area contributed by atoms with Gasteiger partial charge in [-0.1, -0.05) is 11.8 Å². The Bertz CT molecular complexity index is 1200. The van der Waals surface area contributed by atoms with Crippen molar-refractivity contribution in [3.05, 3.63) is 46.1 Å². The Kier molecular flexibility index (Phi) is 8.65. The number of methoxy groups -OCH3 is 3. The number of carbonyl (C=O) groups excluding carboxylic acids is 3. The molecule has 11 heteroatoms. The van der Waals surface area contributed by atoms with Crippen molar-refractivity contribution < 1.29 is 33.3 Å². The summed E-state index contributed by atoms with van der Waals surface area (Å²) in [5.74, 6) is 0.226. The fraction of sp³-hybridized carbons (Fsp3) is 0.481. The highest BCUT2D eigenvalue weighted by Gasteiger charge is 2.43. The van der Waals surface area contributed by atoms with Gasteiger partial charge in [0, 0.05) is 24.4 Å². The average molecular weight is 544 g/mol. The zero-order chi connectivity index (χ0) is 27.4. The topological polar surface area (TPSA) is 107 Å². The van der Waals surface area contributed by atoms with Gasteiger partial charge in [0.1, 0.15) is 11.5 Å². The summed E-state index contributed by atoms with van der Waals surface area (Å²) in [5, 5.41) is 2.56. The summed E-state index contributed by atoms with van der Waals surface area (Å²) >= 11 is 1.40. The highest BCUT2D eigenvalue weighted by molar-refractivity contribution is 8.16. The molecule has 1 aromatic rings. The number of carbonyl (C=O) groups is 3. The second kappa shape index (κ2) is 11.9. The molecule has 38 heavy (non-hydrogen) atoms. The van der Waals surface area contributed by atoms with Crippen LogP contribution in [0.1, 0.15) is 44.7 Å². The van der Waals surface area contributed by atoms with Crippen molar-refractivity contribution in [2.75, 3.05) is 41.0 Å². The summed E-state index contributed by atoms with van der Waals surface area (Å²) in [6.45, 7) is 4.89. The zero-order valence-electron chi connectivity index (χ0n) is 22.3. The number of ether oxygens (including phenoxy) is 4. The van der Waals surface area contributed by atoms with Crippen LogP contribution in [0.15, 0.2) is 45.6 Å². The van der Waals surface area contributed by atoms with Crippen molar-refractivity contribution in [1.29, 1.82) is 0 Å². The van der Waals surface area contributed by atoms with Crippen LogP contribution in [0.2, 0.25) is 0 Å². The molecule has 0 bridgehead atoms. The van der Waals surface area contributed by atoms with Crippen LogP contribution in [-0.4, -0.2) is 73.8 Å². The van der Waals surface area contributed by atoms with E-state index in [9.17, 15) is 14.4 Å². The molecule has 0 saturated carbocycles. The predicted octanol–water partition coefficient (Wildman–Crippen LogP) is 3.64. The molecule has 0 spiro atoms. The number of amides is 1. The SMILES string of the molecule is CCOC(=O)C1CCN(C(=O)CC2=CSC3=NC(C)=C(C(=O)OC)[C@@H](c4cc(OC)ccc4OC)N23)CC1. The molecule has 1 fully saturated rings. The molecule has 0 unspecified atom stereocenters. The number of nitrogens with zero attached hydrogens (tertiary/aromatic N) is 3. The van der Waals surface area contributed by atoms with Crippen LogP contribution in [0.4, 0.5) is 0 Å². The van der Waals surface area contributed by atoms with Crippen molar-refractivity contribution in [2.24, 2.45) is 10.9 Å². The number of thioether (sulfide) groups is 1. The maximum atomic E-state index is 13.4. The molecule has 3 aliphatic rings. The van der Waals surface area contributed by atoms with Gasteiger partial charge in [-0.05, 0) is 50.3 Å². The summed E-state index contributed by atoms with van der Waals surface area (Å²) in [6, 6.07) is 4.76. The van der Waals surface area contributed by atoms with E-state index in [1.54, 1.807) is 45.1 Å². The number of rotatable bonds is 8. The van der Waals surface area contributed by atoms with Gasteiger partial charge < -0.3 is 28.7 Å². The summed E-state index contributed by atoms with van der Waals surface area (Å²) in [6.07, 6.45) is 1.27. The Morgan fingerprint density at radius 1 is 1.11 bits per heavy atom. The Morgan fingerprint density at radius 2 is 1.84 bits per heavy atom. The van der Waals surface area contributed by atoms with Gasteiger partial charge in [-0.2, -0.15) is 0 Å².